The summed E-state index contributed by atoms with van der Waals surface area (Å²) in [7, 11) is -2.20. The van der Waals surface area contributed by atoms with Crippen LogP contribution < -0.4 is 5.14 Å². The third-order valence-electron chi connectivity index (χ3n) is 1.62. The van der Waals surface area contributed by atoms with Crippen molar-refractivity contribution in [2.45, 2.75) is 12.5 Å². The fraction of sp³-hybridized carbons (Fsp3) is 0.600. The Bertz CT molecular complexity index is 321. The van der Waals surface area contributed by atoms with Crippen LogP contribution in [0, 0.1) is 0 Å². The molecule has 0 aromatic heterocycles. The molecule has 0 saturated heterocycles. The standard InChI is InChI=1S/C5H9N3O3S/c1-8-4(3-9)2-5(7-8)12(6,10)11/h3-4H,2H2,1H3,(H2,6,10,11). The van der Waals surface area contributed by atoms with Crippen LogP contribution in [0.15, 0.2) is 5.10 Å². The van der Waals surface area contributed by atoms with Gasteiger partial charge in [0.05, 0.1) is 0 Å². The average Bonchev–Trinajstić information content (AvgIpc) is 2.29. The van der Waals surface area contributed by atoms with Crippen molar-refractivity contribution in [1.29, 1.82) is 0 Å². The minimum Gasteiger partial charge on any atom is -0.301 e. The summed E-state index contributed by atoms with van der Waals surface area (Å²) in [5.74, 6) is 0. The van der Waals surface area contributed by atoms with Gasteiger partial charge in [0.15, 0.2) is 5.04 Å². The molecule has 1 rings (SSSR count). The molecule has 1 atom stereocenters. The van der Waals surface area contributed by atoms with Crippen molar-refractivity contribution in [2.75, 3.05) is 7.05 Å². The summed E-state index contributed by atoms with van der Waals surface area (Å²) in [6.45, 7) is 0. The number of nitrogens with two attached hydrogens (primary N) is 1. The predicted molar refractivity (Wildman–Crippen MR) is 42.8 cm³/mol. The number of hydrogen-bond acceptors (Lipinski definition) is 5. The van der Waals surface area contributed by atoms with Crippen LogP contribution in [0.25, 0.3) is 0 Å². The normalized spacial score (nSPS) is 24.0. The zero-order valence-corrected chi connectivity index (χ0v) is 7.28. The molecule has 0 fully saturated rings. The van der Waals surface area contributed by atoms with Gasteiger partial charge in [0.25, 0.3) is 10.0 Å². The number of aldehydes is 1. The summed E-state index contributed by atoms with van der Waals surface area (Å²) in [6.07, 6.45) is 0.709. The van der Waals surface area contributed by atoms with Crippen molar-refractivity contribution in [1.82, 2.24) is 5.01 Å². The van der Waals surface area contributed by atoms with Gasteiger partial charge >= 0.3 is 0 Å². The first-order valence-electron chi connectivity index (χ1n) is 3.23. The SMILES string of the molecule is CN1N=C(S(N)(=O)=O)CC1C=O. The van der Waals surface area contributed by atoms with E-state index in [2.05, 4.69) is 5.10 Å². The highest BCUT2D eigenvalue weighted by Crippen LogP contribution is 2.12. The molecule has 1 aliphatic heterocycles. The van der Waals surface area contributed by atoms with Crippen LogP contribution in [0.3, 0.4) is 0 Å². The molecular weight excluding hydrogens is 182 g/mol. The van der Waals surface area contributed by atoms with E-state index >= 15 is 0 Å². The molecule has 0 radical (unpaired) electrons. The lowest BCUT2D eigenvalue weighted by atomic mass is 10.3. The third-order valence-corrected chi connectivity index (χ3v) is 2.52. The highest BCUT2D eigenvalue weighted by atomic mass is 32.2. The number of primary sulfonamides is 1. The van der Waals surface area contributed by atoms with Crippen molar-refractivity contribution >= 4 is 21.4 Å². The molecule has 1 heterocycles. The number of rotatable bonds is 1. The molecule has 0 bridgehead atoms. The molecular formula is C5H9N3O3S. The van der Waals surface area contributed by atoms with Crippen molar-refractivity contribution in [2.24, 2.45) is 10.2 Å². The van der Waals surface area contributed by atoms with Crippen molar-refractivity contribution in [3.8, 4) is 0 Å². The second-order valence-corrected chi connectivity index (χ2v) is 4.08. The highest BCUT2D eigenvalue weighted by Gasteiger charge is 2.29. The molecule has 6 nitrogen and oxygen atoms in total. The number of sulfonamides is 1. The van der Waals surface area contributed by atoms with Gasteiger partial charge in [-0.15, -0.1) is 0 Å². The highest BCUT2D eigenvalue weighted by molar-refractivity contribution is 8.04. The zero-order valence-electron chi connectivity index (χ0n) is 6.47. The van der Waals surface area contributed by atoms with Crippen LogP contribution in [0.2, 0.25) is 0 Å². The molecule has 12 heavy (non-hydrogen) atoms. The van der Waals surface area contributed by atoms with Gasteiger partial charge in [0.1, 0.15) is 12.3 Å². The van der Waals surface area contributed by atoms with E-state index in [1.54, 1.807) is 0 Å². The van der Waals surface area contributed by atoms with Crippen LogP contribution in [-0.4, -0.2) is 37.8 Å². The van der Waals surface area contributed by atoms with Crippen LogP contribution >= 0.6 is 0 Å². The lowest BCUT2D eigenvalue weighted by Gasteiger charge is -2.09. The van der Waals surface area contributed by atoms with Crippen LogP contribution in [0.4, 0.5) is 0 Å². The maximum absolute atomic E-state index is 10.7. The summed E-state index contributed by atoms with van der Waals surface area (Å²) in [4.78, 5) is 10.3. The molecule has 1 unspecified atom stereocenters. The first kappa shape index (κ1) is 9.14. The van der Waals surface area contributed by atoms with E-state index in [4.69, 9.17) is 5.14 Å². The summed E-state index contributed by atoms with van der Waals surface area (Å²) in [5, 5.41) is 9.58. The van der Waals surface area contributed by atoms with Gasteiger partial charge < -0.3 is 4.79 Å². The Hall–Kier alpha value is -0.950. The van der Waals surface area contributed by atoms with Crippen LogP contribution in [0.1, 0.15) is 6.42 Å². The van der Waals surface area contributed by atoms with Crippen LogP contribution in [0.5, 0.6) is 0 Å². The van der Waals surface area contributed by atoms with Crippen LogP contribution in [-0.2, 0) is 14.8 Å². The smallest absolute Gasteiger partial charge is 0.253 e. The molecule has 2 N–H and O–H groups in total. The van der Waals surface area contributed by atoms with Gasteiger partial charge in [-0.3, -0.25) is 5.01 Å². The van der Waals surface area contributed by atoms with Gasteiger partial charge in [-0.05, 0) is 0 Å². The number of hydrazone groups is 1. The largest absolute Gasteiger partial charge is 0.301 e. The molecule has 1 aliphatic rings. The second-order valence-electron chi connectivity index (χ2n) is 2.52. The Balaban J connectivity index is 2.89. The number of hydrogen-bond donors (Lipinski definition) is 1. The second kappa shape index (κ2) is 2.83. The first-order chi connectivity index (χ1) is 5.45. The predicted octanol–water partition coefficient (Wildman–Crippen LogP) is -1.51. The first-order valence-corrected chi connectivity index (χ1v) is 4.78. The fourth-order valence-electron chi connectivity index (χ4n) is 0.911. The molecule has 0 amide bonds. The van der Waals surface area contributed by atoms with Gasteiger partial charge in [0.2, 0.25) is 0 Å². The van der Waals surface area contributed by atoms with E-state index in [1.807, 2.05) is 0 Å². The number of carbonyl (C=O) groups excluding carboxylic acids is 1. The minimum atomic E-state index is -3.73. The van der Waals surface area contributed by atoms with Gasteiger partial charge in [-0.25, -0.2) is 13.6 Å². The summed E-state index contributed by atoms with van der Waals surface area (Å²) >= 11 is 0. The Morgan fingerprint density at radius 1 is 1.75 bits per heavy atom. The number of carbonyl (C=O) groups is 1. The Labute approximate surface area is 70.1 Å². The molecule has 0 aliphatic carbocycles. The van der Waals surface area contributed by atoms with Crippen molar-refractivity contribution in [3.63, 3.8) is 0 Å². The van der Waals surface area contributed by atoms with E-state index < -0.39 is 16.1 Å². The molecule has 7 heteroatoms. The molecule has 0 saturated carbocycles. The Morgan fingerprint density at radius 2 is 2.33 bits per heavy atom. The van der Waals surface area contributed by atoms with Crippen molar-refractivity contribution in [3.05, 3.63) is 0 Å². The molecule has 0 aromatic carbocycles. The quantitative estimate of drug-likeness (QED) is 0.510. The summed E-state index contributed by atoms with van der Waals surface area (Å²) in [6, 6.07) is -0.502. The number of nitrogens with zero attached hydrogens (tertiary/aromatic N) is 2. The number of likely N-dealkylation sites (N-methyl/N-ethyl adjacent to an activating group) is 1. The van der Waals surface area contributed by atoms with E-state index in [0.717, 1.165) is 0 Å². The minimum absolute atomic E-state index is 0.0683. The van der Waals surface area contributed by atoms with Crippen molar-refractivity contribution < 1.29 is 13.2 Å². The third kappa shape index (κ3) is 1.62. The topological polar surface area (TPSA) is 92.8 Å². The Kier molecular flexibility index (Phi) is 2.16. The Morgan fingerprint density at radius 3 is 2.58 bits per heavy atom. The average molecular weight is 191 g/mol. The van der Waals surface area contributed by atoms with Gasteiger partial charge in [-0.2, -0.15) is 5.10 Å². The van der Waals surface area contributed by atoms with E-state index in [1.165, 1.54) is 12.1 Å². The summed E-state index contributed by atoms with van der Waals surface area (Å²) in [5.41, 5.74) is 0. The zero-order chi connectivity index (χ0) is 9.35. The van der Waals surface area contributed by atoms with Gasteiger partial charge in [0, 0.05) is 13.5 Å². The fourth-order valence-corrected chi connectivity index (χ4v) is 1.56. The van der Waals surface area contributed by atoms with E-state index in [9.17, 15) is 13.2 Å². The maximum atomic E-state index is 10.7. The lowest BCUT2D eigenvalue weighted by molar-refractivity contribution is -0.111. The molecule has 0 spiro atoms. The maximum Gasteiger partial charge on any atom is 0.253 e. The van der Waals surface area contributed by atoms with E-state index in [0.29, 0.717) is 6.29 Å². The molecule has 0 aromatic rings. The van der Waals surface area contributed by atoms with E-state index in [-0.39, 0.29) is 11.5 Å². The monoisotopic (exact) mass is 191 g/mol. The summed E-state index contributed by atoms with van der Waals surface area (Å²) < 4.78 is 21.5. The lowest BCUT2D eigenvalue weighted by Crippen LogP contribution is -2.25. The molecule has 68 valence electrons. The van der Waals surface area contributed by atoms with Gasteiger partial charge in [-0.1, -0.05) is 0 Å².